The number of anilines is 3. The van der Waals surface area contributed by atoms with Crippen LogP contribution in [0.2, 0.25) is 0 Å². The topological polar surface area (TPSA) is 38.8 Å². The second kappa shape index (κ2) is 12.7. The van der Waals surface area contributed by atoms with Crippen molar-refractivity contribution < 1.29 is 13.6 Å². The summed E-state index contributed by atoms with van der Waals surface area (Å²) in [6.07, 6.45) is 0. The smallest absolute Gasteiger partial charge is 0.155 e. The third-order valence-corrected chi connectivity index (χ3v) is 15.5. The highest BCUT2D eigenvalue weighted by Crippen LogP contribution is 2.56. The molecule has 0 fully saturated rings. The van der Waals surface area contributed by atoms with Crippen molar-refractivity contribution in [2.45, 2.75) is 5.41 Å². The largest absolute Gasteiger partial charge is 0.457 e. The maximum absolute atomic E-state index is 6.72. The van der Waals surface area contributed by atoms with Crippen LogP contribution in [-0.2, 0) is 5.41 Å². The first-order chi connectivity index (χ1) is 29.7. The zero-order chi connectivity index (χ0) is 39.4. The Morgan fingerprint density at radius 2 is 0.817 bits per heavy atom. The minimum Gasteiger partial charge on any atom is -0.457 e. The molecule has 1 spiro atoms. The maximum Gasteiger partial charge on any atom is 0.155 e. The van der Waals surface area contributed by atoms with Crippen molar-refractivity contribution in [2.24, 2.45) is 0 Å². The minimum atomic E-state index is -1.54. The van der Waals surface area contributed by atoms with Crippen molar-refractivity contribution in [3.05, 3.63) is 229 Å². The summed E-state index contributed by atoms with van der Waals surface area (Å²) in [5.74, 6) is 1.77. The van der Waals surface area contributed by atoms with Crippen molar-refractivity contribution in [3.8, 4) is 11.5 Å². The molecule has 2 aliphatic rings. The molecular weight excluding hydrogens is 751 g/mol. The molecule has 4 nitrogen and oxygen atoms in total. The number of para-hydroxylation sites is 4. The summed E-state index contributed by atoms with van der Waals surface area (Å²) in [4.78, 5) is 2.36. The molecule has 2 aromatic heterocycles. The summed E-state index contributed by atoms with van der Waals surface area (Å²) in [5, 5.41) is 8.47. The second-order valence-electron chi connectivity index (χ2n) is 15.8. The van der Waals surface area contributed by atoms with Gasteiger partial charge in [-0.2, -0.15) is 0 Å². The first-order valence-electron chi connectivity index (χ1n) is 20.4. The van der Waals surface area contributed by atoms with Crippen LogP contribution in [0.5, 0.6) is 11.5 Å². The van der Waals surface area contributed by atoms with Crippen LogP contribution >= 0.6 is 0 Å². The Balaban J connectivity index is 1.11. The Hall–Kier alpha value is -7.60. The summed E-state index contributed by atoms with van der Waals surface area (Å²) < 4.78 is 19.8. The Bertz CT molecular complexity index is 3350. The van der Waals surface area contributed by atoms with E-state index in [4.69, 9.17) is 13.6 Å². The van der Waals surface area contributed by atoms with Crippen molar-refractivity contribution in [1.82, 2.24) is 0 Å². The molecule has 0 N–H and O–H groups in total. The second-order valence-corrected chi connectivity index (χ2v) is 18.2. The molecule has 60 heavy (non-hydrogen) atoms. The fourth-order valence-electron chi connectivity index (χ4n) is 10.2. The van der Waals surface area contributed by atoms with Gasteiger partial charge in [0, 0.05) is 61.9 Å². The number of ether oxygens (including phenoxy) is 1. The lowest BCUT2D eigenvalue weighted by Crippen LogP contribution is -2.62. The molecule has 5 heteroatoms. The van der Waals surface area contributed by atoms with E-state index in [1.165, 1.54) is 26.7 Å². The maximum atomic E-state index is 6.72. The van der Waals surface area contributed by atoms with Gasteiger partial charge >= 0.3 is 0 Å². The van der Waals surface area contributed by atoms with Crippen molar-refractivity contribution >= 4 is 85.3 Å². The van der Waals surface area contributed by atoms with Crippen LogP contribution < -0.4 is 25.2 Å². The molecule has 9 aromatic carbocycles. The van der Waals surface area contributed by atoms with Crippen LogP contribution in [-0.4, -0.2) is 8.80 Å². The number of rotatable bonds is 4. The van der Waals surface area contributed by atoms with E-state index in [1.54, 1.807) is 0 Å². The van der Waals surface area contributed by atoms with Crippen molar-refractivity contribution in [3.63, 3.8) is 0 Å². The van der Waals surface area contributed by atoms with Gasteiger partial charge in [-0.1, -0.05) is 139 Å². The molecular formula is C55H34NO3Si. The fraction of sp³-hybridized carbons (Fsp3) is 0.0182. The number of fused-ring (bicyclic) bond motifs is 14. The molecule has 0 unspecified atom stereocenters. The van der Waals surface area contributed by atoms with Gasteiger partial charge in [-0.3, -0.25) is 0 Å². The van der Waals surface area contributed by atoms with E-state index < -0.39 is 14.2 Å². The van der Waals surface area contributed by atoms with E-state index in [1.807, 2.05) is 24.3 Å². The molecule has 0 saturated heterocycles. The normalized spacial score (nSPS) is 13.9. The van der Waals surface area contributed by atoms with Crippen LogP contribution in [0.15, 0.2) is 215 Å². The molecule has 13 rings (SSSR count). The Morgan fingerprint density at radius 3 is 1.45 bits per heavy atom. The van der Waals surface area contributed by atoms with Gasteiger partial charge in [0.05, 0.1) is 5.41 Å². The van der Waals surface area contributed by atoms with Gasteiger partial charge in [0.2, 0.25) is 0 Å². The van der Waals surface area contributed by atoms with E-state index in [0.717, 1.165) is 83.6 Å². The molecule has 0 saturated carbocycles. The zero-order valence-corrected chi connectivity index (χ0v) is 33.3. The molecule has 281 valence electrons. The van der Waals surface area contributed by atoms with Crippen LogP contribution in [0, 0.1) is 0 Å². The monoisotopic (exact) mass is 784 g/mol. The zero-order valence-electron chi connectivity index (χ0n) is 32.3. The molecule has 2 aliphatic heterocycles. The molecule has 0 atom stereocenters. The van der Waals surface area contributed by atoms with Crippen LogP contribution in [0.4, 0.5) is 17.1 Å². The van der Waals surface area contributed by atoms with Gasteiger partial charge in [-0.15, -0.1) is 0 Å². The average Bonchev–Trinajstić information content (AvgIpc) is 3.87. The number of nitrogens with zero attached hydrogens (tertiary/aromatic N) is 1. The lowest BCUT2D eigenvalue weighted by molar-refractivity contribution is 0.435. The van der Waals surface area contributed by atoms with Gasteiger partial charge < -0.3 is 18.5 Å². The molecule has 0 bridgehead atoms. The van der Waals surface area contributed by atoms with E-state index in [-0.39, 0.29) is 0 Å². The third kappa shape index (κ3) is 4.66. The highest BCUT2D eigenvalue weighted by molar-refractivity contribution is 6.96. The van der Waals surface area contributed by atoms with Gasteiger partial charge in [0.25, 0.3) is 0 Å². The van der Waals surface area contributed by atoms with Gasteiger partial charge in [0.15, 0.2) is 8.80 Å². The molecule has 11 aromatic rings. The summed E-state index contributed by atoms with van der Waals surface area (Å²) in [6.45, 7) is 0. The predicted molar refractivity (Wildman–Crippen MR) is 245 cm³/mol. The van der Waals surface area contributed by atoms with Gasteiger partial charge in [0.1, 0.15) is 33.8 Å². The van der Waals surface area contributed by atoms with Crippen molar-refractivity contribution in [2.75, 3.05) is 4.90 Å². The summed E-state index contributed by atoms with van der Waals surface area (Å²) in [5.41, 5.74) is 10.8. The van der Waals surface area contributed by atoms with E-state index >= 15 is 0 Å². The Morgan fingerprint density at radius 1 is 0.350 bits per heavy atom. The minimum absolute atomic E-state index is 0.607. The predicted octanol–water partition coefficient (Wildman–Crippen LogP) is 12.3. The van der Waals surface area contributed by atoms with E-state index in [0.29, 0.717) is 0 Å². The first-order valence-corrected chi connectivity index (χ1v) is 21.9. The fourth-order valence-corrected chi connectivity index (χ4v) is 13.2. The lowest BCUT2D eigenvalue weighted by Gasteiger charge is -2.47. The number of benzene rings is 9. The SMILES string of the molecule is c1ccc([Si]2c3ccccc3C3(c4ccccc4Oc4ccccc43)c3ccc(N(c4ccc5c(c4)oc4ccccc45)c4ccc5c(c4)oc4ccccc45)cc32)cc1. The number of hydrogen-bond acceptors (Lipinski definition) is 4. The van der Waals surface area contributed by atoms with Crippen LogP contribution in [0.3, 0.4) is 0 Å². The Kier molecular flexibility index (Phi) is 7.06. The summed E-state index contributed by atoms with van der Waals surface area (Å²) in [7, 11) is -1.54. The van der Waals surface area contributed by atoms with Gasteiger partial charge in [-0.25, -0.2) is 0 Å². The van der Waals surface area contributed by atoms with E-state index in [9.17, 15) is 0 Å². The average molecular weight is 785 g/mol. The van der Waals surface area contributed by atoms with Crippen molar-refractivity contribution in [1.29, 1.82) is 0 Å². The molecule has 4 heterocycles. The van der Waals surface area contributed by atoms with E-state index in [2.05, 4.69) is 187 Å². The third-order valence-electron chi connectivity index (χ3n) is 12.6. The quantitative estimate of drug-likeness (QED) is 0.167. The number of hydrogen-bond donors (Lipinski definition) is 0. The first kappa shape index (κ1) is 33.4. The lowest BCUT2D eigenvalue weighted by atomic mass is 9.63. The highest BCUT2D eigenvalue weighted by Gasteiger charge is 2.51. The Labute approximate surface area is 347 Å². The van der Waals surface area contributed by atoms with Crippen LogP contribution in [0.25, 0.3) is 43.9 Å². The molecule has 1 radical (unpaired) electrons. The standard InChI is InChI=1S/C55H34NO3Si/c1-2-14-38(15-3-1)60-53-25-13-8-20-45(53)55(43-18-6-11-23-49(43)59-50-24-12-7-19-44(50)55)46-31-28-37(34-54(46)60)56(35-26-29-41-39-16-4-9-21-47(39)57-51(41)32-35)36-27-30-42-40-17-5-10-22-48(40)58-52(42)33-36/h1-34H. The summed E-state index contributed by atoms with van der Waals surface area (Å²) >= 11 is 0. The molecule has 0 amide bonds. The van der Waals surface area contributed by atoms with Crippen LogP contribution in [0.1, 0.15) is 22.3 Å². The summed E-state index contributed by atoms with van der Waals surface area (Å²) in [6, 6.07) is 74.4. The highest BCUT2D eigenvalue weighted by atomic mass is 28.3. The molecule has 0 aliphatic carbocycles. The van der Waals surface area contributed by atoms with Gasteiger partial charge in [-0.05, 0) is 82.2 Å². The number of furan rings is 2.